The number of carbonyl (C=O) groups excluding carboxylic acids is 1. The highest BCUT2D eigenvalue weighted by Crippen LogP contribution is 2.27. The van der Waals surface area contributed by atoms with Crippen LogP contribution < -0.4 is 10.1 Å². The number of carbonyl (C=O) groups is 1. The largest absolute Gasteiger partial charge is 0.494 e. The van der Waals surface area contributed by atoms with E-state index in [9.17, 15) is 4.79 Å². The molecule has 1 N–H and O–H groups in total. The molecule has 0 saturated heterocycles. The Morgan fingerprint density at radius 1 is 1.10 bits per heavy atom. The molecule has 0 unspecified atom stereocenters. The molecular formula is C24H28ClN3O2S. The van der Waals surface area contributed by atoms with Crippen LogP contribution in [0.15, 0.2) is 58.5 Å². The molecule has 0 spiro atoms. The van der Waals surface area contributed by atoms with E-state index in [1.807, 2.05) is 62.4 Å². The van der Waals surface area contributed by atoms with Crippen molar-refractivity contribution in [3.8, 4) is 5.75 Å². The van der Waals surface area contributed by atoms with Crippen LogP contribution in [0.5, 0.6) is 5.75 Å². The first-order chi connectivity index (χ1) is 14.9. The third-order valence-electron chi connectivity index (χ3n) is 4.60. The number of hydrogen-bond donors (Lipinski definition) is 1. The van der Waals surface area contributed by atoms with Gasteiger partial charge in [-0.15, -0.1) is 0 Å². The lowest BCUT2D eigenvalue weighted by Gasteiger charge is -2.09. The average Bonchev–Trinajstić information content (AvgIpc) is 3.07. The number of unbranched alkanes of at least 4 members (excludes halogenated alkanes) is 1. The molecule has 0 atom stereocenters. The van der Waals surface area contributed by atoms with Crippen LogP contribution in [0, 0.1) is 0 Å². The molecule has 2 aromatic carbocycles. The highest BCUT2D eigenvalue weighted by Gasteiger charge is 2.28. The van der Waals surface area contributed by atoms with E-state index in [0.717, 1.165) is 47.1 Å². The third-order valence-corrected chi connectivity index (χ3v) is 5.82. The van der Waals surface area contributed by atoms with E-state index < -0.39 is 5.66 Å². The van der Waals surface area contributed by atoms with Crippen molar-refractivity contribution in [2.24, 2.45) is 9.98 Å². The zero-order valence-electron chi connectivity index (χ0n) is 18.2. The Hall–Kier alpha value is -2.31. The van der Waals surface area contributed by atoms with Crippen molar-refractivity contribution in [3.63, 3.8) is 0 Å². The molecule has 3 rings (SSSR count). The summed E-state index contributed by atoms with van der Waals surface area (Å²) in [5, 5.41) is 4.40. The van der Waals surface area contributed by atoms with Gasteiger partial charge in [-0.1, -0.05) is 48.8 Å². The molecule has 0 bridgehead atoms. The number of hydrogen-bond acceptors (Lipinski definition) is 5. The van der Waals surface area contributed by atoms with Crippen molar-refractivity contribution in [1.29, 1.82) is 0 Å². The maximum absolute atomic E-state index is 12.3. The van der Waals surface area contributed by atoms with Gasteiger partial charge in [0.05, 0.1) is 18.1 Å². The van der Waals surface area contributed by atoms with Crippen molar-refractivity contribution in [2.75, 3.05) is 12.4 Å². The van der Waals surface area contributed by atoms with Crippen LogP contribution in [0.1, 0.15) is 44.7 Å². The molecule has 7 heteroatoms. The summed E-state index contributed by atoms with van der Waals surface area (Å²) in [6.07, 6.45) is 2.14. The lowest BCUT2D eigenvalue weighted by Crippen LogP contribution is -2.25. The summed E-state index contributed by atoms with van der Waals surface area (Å²) in [5.74, 6) is 1.08. The molecule has 2 aromatic rings. The second kappa shape index (κ2) is 10.8. The molecule has 164 valence electrons. The van der Waals surface area contributed by atoms with Crippen LogP contribution in [-0.4, -0.2) is 34.7 Å². The Labute approximate surface area is 193 Å². The fourth-order valence-corrected chi connectivity index (χ4v) is 4.05. The minimum atomic E-state index is -0.534. The van der Waals surface area contributed by atoms with Crippen LogP contribution in [-0.2, 0) is 11.3 Å². The first-order valence-electron chi connectivity index (χ1n) is 10.4. The van der Waals surface area contributed by atoms with Gasteiger partial charge >= 0.3 is 0 Å². The SMILES string of the molecule is CCCCOc1ccc(C2=NC(C)(C)N=C2SCC(=O)NCc2ccc(Cl)cc2)cc1. The van der Waals surface area contributed by atoms with Gasteiger partial charge in [0.1, 0.15) is 16.5 Å². The van der Waals surface area contributed by atoms with E-state index in [0.29, 0.717) is 11.6 Å². The minimum absolute atomic E-state index is 0.0496. The molecule has 0 fully saturated rings. The zero-order chi connectivity index (χ0) is 22.3. The molecular weight excluding hydrogens is 430 g/mol. The Bertz CT molecular complexity index is 954. The van der Waals surface area contributed by atoms with Crippen LogP contribution in [0.25, 0.3) is 0 Å². The van der Waals surface area contributed by atoms with E-state index >= 15 is 0 Å². The minimum Gasteiger partial charge on any atom is -0.494 e. The lowest BCUT2D eigenvalue weighted by atomic mass is 10.1. The van der Waals surface area contributed by atoms with Gasteiger partial charge in [-0.05, 0) is 62.2 Å². The Balaban J connectivity index is 1.57. The van der Waals surface area contributed by atoms with Crippen molar-refractivity contribution in [1.82, 2.24) is 5.32 Å². The number of amides is 1. The smallest absolute Gasteiger partial charge is 0.230 e. The van der Waals surface area contributed by atoms with Crippen molar-refractivity contribution >= 4 is 40.0 Å². The number of nitrogens with zero attached hydrogens (tertiary/aromatic N) is 2. The highest BCUT2D eigenvalue weighted by molar-refractivity contribution is 8.16. The topological polar surface area (TPSA) is 63.1 Å². The van der Waals surface area contributed by atoms with Gasteiger partial charge in [-0.25, -0.2) is 4.99 Å². The second-order valence-electron chi connectivity index (χ2n) is 7.79. The fourth-order valence-electron chi connectivity index (χ4n) is 2.97. The van der Waals surface area contributed by atoms with Gasteiger partial charge in [0, 0.05) is 17.1 Å². The Morgan fingerprint density at radius 2 is 1.81 bits per heavy atom. The predicted molar refractivity (Wildman–Crippen MR) is 131 cm³/mol. The summed E-state index contributed by atoms with van der Waals surface area (Å²) in [6.45, 7) is 7.25. The van der Waals surface area contributed by atoms with Gasteiger partial charge in [0.25, 0.3) is 0 Å². The van der Waals surface area contributed by atoms with E-state index in [2.05, 4.69) is 12.2 Å². The number of aliphatic imine (C=N–C) groups is 2. The third kappa shape index (κ3) is 7.11. The van der Waals surface area contributed by atoms with E-state index in [4.69, 9.17) is 26.3 Å². The van der Waals surface area contributed by atoms with Crippen LogP contribution >= 0.6 is 23.4 Å². The van der Waals surface area contributed by atoms with E-state index in [-0.39, 0.29) is 11.7 Å². The van der Waals surface area contributed by atoms with Crippen LogP contribution in [0.2, 0.25) is 5.02 Å². The average molecular weight is 458 g/mol. The molecule has 1 heterocycles. The zero-order valence-corrected chi connectivity index (χ0v) is 19.7. The van der Waals surface area contributed by atoms with Gasteiger partial charge in [-0.3, -0.25) is 9.79 Å². The van der Waals surface area contributed by atoms with Crippen molar-refractivity contribution in [2.45, 2.75) is 45.8 Å². The maximum atomic E-state index is 12.3. The molecule has 0 aromatic heterocycles. The Morgan fingerprint density at radius 3 is 2.48 bits per heavy atom. The van der Waals surface area contributed by atoms with Gasteiger partial charge in [0.15, 0.2) is 0 Å². The first-order valence-corrected chi connectivity index (χ1v) is 11.8. The van der Waals surface area contributed by atoms with Crippen LogP contribution in [0.3, 0.4) is 0 Å². The standard InChI is InChI=1S/C24H28ClN3O2S/c1-4-5-14-30-20-12-8-18(9-13-20)22-23(28-24(2,3)27-22)31-16-21(29)26-15-17-6-10-19(25)11-7-17/h6-13H,4-5,14-16H2,1-3H3,(H,26,29). The van der Waals surface area contributed by atoms with Crippen molar-refractivity contribution < 1.29 is 9.53 Å². The molecule has 1 aliphatic heterocycles. The summed E-state index contributed by atoms with van der Waals surface area (Å²) >= 11 is 7.31. The molecule has 1 amide bonds. The number of halogens is 1. The maximum Gasteiger partial charge on any atom is 0.230 e. The summed E-state index contributed by atoms with van der Waals surface area (Å²) in [4.78, 5) is 21.8. The number of thioether (sulfide) groups is 1. The van der Waals surface area contributed by atoms with E-state index in [1.54, 1.807) is 0 Å². The molecule has 31 heavy (non-hydrogen) atoms. The van der Waals surface area contributed by atoms with Gasteiger partial charge in [-0.2, -0.15) is 0 Å². The molecule has 0 aliphatic carbocycles. The molecule has 0 radical (unpaired) electrons. The lowest BCUT2D eigenvalue weighted by molar-refractivity contribution is -0.118. The Kier molecular flexibility index (Phi) is 8.15. The fraction of sp³-hybridized carbons (Fsp3) is 0.375. The number of nitrogens with one attached hydrogen (secondary N) is 1. The molecule has 0 saturated carbocycles. The van der Waals surface area contributed by atoms with E-state index in [1.165, 1.54) is 11.8 Å². The number of rotatable bonds is 9. The second-order valence-corrected chi connectivity index (χ2v) is 9.19. The predicted octanol–water partition coefficient (Wildman–Crippen LogP) is 5.51. The van der Waals surface area contributed by atoms with Gasteiger partial charge < -0.3 is 10.1 Å². The molecule has 1 aliphatic rings. The normalized spacial score (nSPS) is 14.7. The number of benzene rings is 2. The summed E-state index contributed by atoms with van der Waals surface area (Å²) in [5.41, 5.74) is 2.26. The first kappa shape index (κ1) is 23.4. The van der Waals surface area contributed by atoms with Gasteiger partial charge in [0.2, 0.25) is 5.91 Å². The monoisotopic (exact) mass is 457 g/mol. The quantitative estimate of drug-likeness (QED) is 0.505. The van der Waals surface area contributed by atoms with Crippen LogP contribution in [0.4, 0.5) is 0 Å². The summed E-state index contributed by atoms with van der Waals surface area (Å²) < 4.78 is 5.75. The molecule has 5 nitrogen and oxygen atoms in total. The highest BCUT2D eigenvalue weighted by atomic mass is 35.5. The summed E-state index contributed by atoms with van der Waals surface area (Å²) in [6, 6.07) is 15.3. The summed E-state index contributed by atoms with van der Waals surface area (Å²) in [7, 11) is 0. The van der Waals surface area contributed by atoms with Crippen molar-refractivity contribution in [3.05, 3.63) is 64.7 Å². The number of ether oxygens (including phenoxy) is 1.